The number of thiophene rings is 1. The molecule has 0 N–H and O–H groups in total. The lowest BCUT2D eigenvalue weighted by Crippen LogP contribution is -2.55. The molecule has 0 aromatic carbocycles. The summed E-state index contributed by atoms with van der Waals surface area (Å²) in [6.07, 6.45) is 6.27. The molecule has 0 unspecified atom stereocenters. The fourth-order valence-electron chi connectivity index (χ4n) is 4.76. The minimum atomic E-state index is -0.343. The Labute approximate surface area is 182 Å². The van der Waals surface area contributed by atoms with Gasteiger partial charge in [-0.15, -0.1) is 11.3 Å². The van der Waals surface area contributed by atoms with Crippen LogP contribution in [0.5, 0.6) is 0 Å². The normalized spacial score (nSPS) is 23.5. The van der Waals surface area contributed by atoms with E-state index in [0.717, 1.165) is 51.9 Å². The molecule has 3 fully saturated rings. The highest BCUT2D eigenvalue weighted by molar-refractivity contribution is 7.12. The first-order valence-corrected chi connectivity index (χ1v) is 12.1. The average Bonchev–Trinajstić information content (AvgIpc) is 3.40. The van der Waals surface area contributed by atoms with Gasteiger partial charge in [-0.2, -0.15) is 0 Å². The SMILES string of the molecule is O=C(CN1CCN(C(=O)[C@@H]2CCCN2C(=O)c2cccs2)CC1)N1CCCCCC1. The van der Waals surface area contributed by atoms with Gasteiger partial charge in [0.2, 0.25) is 11.8 Å². The number of nitrogens with zero attached hydrogens (tertiary/aromatic N) is 4. The number of carbonyl (C=O) groups excluding carboxylic acids is 3. The van der Waals surface area contributed by atoms with E-state index in [9.17, 15) is 14.4 Å². The fourth-order valence-corrected chi connectivity index (χ4v) is 5.44. The maximum Gasteiger partial charge on any atom is 0.264 e. The summed E-state index contributed by atoms with van der Waals surface area (Å²) in [4.78, 5) is 47.1. The average molecular weight is 433 g/mol. The number of likely N-dealkylation sites (tertiary alicyclic amines) is 2. The first kappa shape index (κ1) is 21.3. The molecule has 0 radical (unpaired) electrons. The molecule has 0 bridgehead atoms. The lowest BCUT2D eigenvalue weighted by Gasteiger charge is -2.37. The molecule has 164 valence electrons. The molecule has 8 heteroatoms. The van der Waals surface area contributed by atoms with Gasteiger partial charge in [-0.3, -0.25) is 19.3 Å². The molecule has 4 rings (SSSR count). The number of amides is 3. The van der Waals surface area contributed by atoms with E-state index in [0.29, 0.717) is 31.1 Å². The van der Waals surface area contributed by atoms with Gasteiger partial charge in [0, 0.05) is 45.8 Å². The fraction of sp³-hybridized carbons (Fsp3) is 0.682. The summed E-state index contributed by atoms with van der Waals surface area (Å²) in [6.45, 7) is 5.56. The molecule has 3 amide bonds. The highest BCUT2D eigenvalue weighted by Gasteiger charge is 2.38. The van der Waals surface area contributed by atoms with E-state index in [1.165, 1.54) is 24.2 Å². The van der Waals surface area contributed by atoms with E-state index < -0.39 is 0 Å². The Balaban J connectivity index is 1.27. The summed E-state index contributed by atoms with van der Waals surface area (Å²) in [7, 11) is 0. The highest BCUT2D eigenvalue weighted by Crippen LogP contribution is 2.24. The number of piperazine rings is 1. The number of carbonyl (C=O) groups is 3. The predicted octanol–water partition coefficient (Wildman–Crippen LogP) is 1.90. The zero-order valence-corrected chi connectivity index (χ0v) is 18.4. The van der Waals surface area contributed by atoms with Crippen molar-refractivity contribution in [2.75, 3.05) is 52.4 Å². The lowest BCUT2D eigenvalue weighted by atomic mass is 10.1. The van der Waals surface area contributed by atoms with Crippen molar-refractivity contribution in [1.82, 2.24) is 19.6 Å². The molecule has 30 heavy (non-hydrogen) atoms. The standard InChI is InChI=1S/C22H32N4O3S/c27-20(24-9-3-1-2-4-10-24)17-23-12-14-25(15-13-23)21(28)18-7-5-11-26(18)22(29)19-8-6-16-30-19/h6,8,16,18H,1-5,7,9-15,17H2/t18-/m0/s1. The van der Waals surface area contributed by atoms with Gasteiger partial charge in [0.15, 0.2) is 0 Å². The summed E-state index contributed by atoms with van der Waals surface area (Å²) < 4.78 is 0. The summed E-state index contributed by atoms with van der Waals surface area (Å²) >= 11 is 1.43. The van der Waals surface area contributed by atoms with Gasteiger partial charge < -0.3 is 14.7 Å². The summed E-state index contributed by atoms with van der Waals surface area (Å²) in [5, 5.41) is 1.90. The van der Waals surface area contributed by atoms with Gasteiger partial charge >= 0.3 is 0 Å². The van der Waals surface area contributed by atoms with Crippen LogP contribution < -0.4 is 0 Å². The van der Waals surface area contributed by atoms with Crippen LogP contribution in [-0.2, 0) is 9.59 Å². The van der Waals surface area contributed by atoms with E-state index in [1.54, 1.807) is 4.90 Å². The van der Waals surface area contributed by atoms with E-state index >= 15 is 0 Å². The molecule has 3 aliphatic rings. The third-order valence-electron chi connectivity index (χ3n) is 6.53. The second kappa shape index (κ2) is 9.92. The van der Waals surface area contributed by atoms with E-state index in [4.69, 9.17) is 0 Å². The molecule has 1 aromatic heterocycles. The molecule has 3 aliphatic heterocycles. The largest absolute Gasteiger partial charge is 0.342 e. The smallest absolute Gasteiger partial charge is 0.264 e. The second-order valence-electron chi connectivity index (χ2n) is 8.53. The van der Waals surface area contributed by atoms with Crippen molar-refractivity contribution < 1.29 is 14.4 Å². The topological polar surface area (TPSA) is 64.2 Å². The quantitative estimate of drug-likeness (QED) is 0.729. The first-order chi connectivity index (χ1) is 14.6. The van der Waals surface area contributed by atoms with E-state index in [2.05, 4.69) is 4.90 Å². The maximum absolute atomic E-state index is 13.1. The highest BCUT2D eigenvalue weighted by atomic mass is 32.1. The van der Waals surface area contributed by atoms with Crippen LogP contribution in [0.4, 0.5) is 0 Å². The van der Waals surface area contributed by atoms with Crippen molar-refractivity contribution in [2.45, 2.75) is 44.6 Å². The molecule has 4 heterocycles. The van der Waals surface area contributed by atoms with Crippen LogP contribution in [-0.4, -0.2) is 95.7 Å². The third kappa shape index (κ3) is 4.86. The molecule has 7 nitrogen and oxygen atoms in total. The van der Waals surface area contributed by atoms with Crippen LogP contribution in [0.2, 0.25) is 0 Å². The van der Waals surface area contributed by atoms with Crippen molar-refractivity contribution in [2.24, 2.45) is 0 Å². The Hall–Kier alpha value is -1.93. The van der Waals surface area contributed by atoms with Crippen LogP contribution in [0.15, 0.2) is 17.5 Å². The number of hydrogen-bond donors (Lipinski definition) is 0. The summed E-state index contributed by atoms with van der Waals surface area (Å²) in [6, 6.07) is 3.36. The Morgan fingerprint density at radius 3 is 2.27 bits per heavy atom. The van der Waals surface area contributed by atoms with Crippen molar-refractivity contribution in [3.8, 4) is 0 Å². The summed E-state index contributed by atoms with van der Waals surface area (Å²) in [5.41, 5.74) is 0. The molecule has 1 aromatic rings. The molecule has 0 aliphatic carbocycles. The Bertz CT molecular complexity index is 738. The number of hydrogen-bond acceptors (Lipinski definition) is 5. The minimum Gasteiger partial charge on any atom is -0.342 e. The van der Waals surface area contributed by atoms with Crippen LogP contribution in [0, 0.1) is 0 Å². The van der Waals surface area contributed by atoms with Gasteiger partial charge in [0.25, 0.3) is 5.91 Å². The van der Waals surface area contributed by atoms with E-state index in [1.807, 2.05) is 27.3 Å². The van der Waals surface area contributed by atoms with Crippen LogP contribution in [0.25, 0.3) is 0 Å². The zero-order valence-electron chi connectivity index (χ0n) is 17.6. The first-order valence-electron chi connectivity index (χ1n) is 11.3. The van der Waals surface area contributed by atoms with Crippen molar-refractivity contribution in [3.63, 3.8) is 0 Å². The van der Waals surface area contributed by atoms with E-state index in [-0.39, 0.29) is 23.8 Å². The molecule has 1 atom stereocenters. The lowest BCUT2D eigenvalue weighted by molar-refractivity contribution is -0.138. The predicted molar refractivity (Wildman–Crippen MR) is 116 cm³/mol. The van der Waals surface area contributed by atoms with Crippen LogP contribution >= 0.6 is 11.3 Å². The molecule has 0 saturated carbocycles. The van der Waals surface area contributed by atoms with Gasteiger partial charge in [-0.25, -0.2) is 0 Å². The number of rotatable bonds is 4. The zero-order chi connectivity index (χ0) is 20.9. The minimum absolute atomic E-state index is 0.0254. The maximum atomic E-state index is 13.1. The van der Waals surface area contributed by atoms with Crippen molar-refractivity contribution in [1.29, 1.82) is 0 Å². The van der Waals surface area contributed by atoms with Gasteiger partial charge in [0.1, 0.15) is 6.04 Å². The molecular weight excluding hydrogens is 400 g/mol. The van der Waals surface area contributed by atoms with Gasteiger partial charge in [-0.05, 0) is 37.1 Å². The monoisotopic (exact) mass is 432 g/mol. The Morgan fingerprint density at radius 1 is 0.867 bits per heavy atom. The van der Waals surface area contributed by atoms with Gasteiger partial charge in [0.05, 0.1) is 11.4 Å². The van der Waals surface area contributed by atoms with Gasteiger partial charge in [-0.1, -0.05) is 18.9 Å². The molecule has 0 spiro atoms. The van der Waals surface area contributed by atoms with Crippen molar-refractivity contribution >= 4 is 29.1 Å². The molecular formula is C22H32N4O3S. The molecule has 3 saturated heterocycles. The van der Waals surface area contributed by atoms with Crippen LogP contribution in [0.3, 0.4) is 0 Å². The van der Waals surface area contributed by atoms with Crippen LogP contribution in [0.1, 0.15) is 48.2 Å². The Morgan fingerprint density at radius 2 is 1.60 bits per heavy atom. The third-order valence-corrected chi connectivity index (χ3v) is 7.39. The summed E-state index contributed by atoms with van der Waals surface area (Å²) in [5.74, 6) is 0.263. The second-order valence-corrected chi connectivity index (χ2v) is 9.48. The van der Waals surface area contributed by atoms with Crippen molar-refractivity contribution in [3.05, 3.63) is 22.4 Å². The Kier molecular flexibility index (Phi) is 7.04.